The van der Waals surface area contributed by atoms with Crippen molar-refractivity contribution in [3.05, 3.63) is 6.33 Å². The highest BCUT2D eigenvalue weighted by atomic mass is 19.4. The van der Waals surface area contributed by atoms with E-state index >= 15 is 0 Å². The van der Waals surface area contributed by atoms with E-state index in [4.69, 9.17) is 4.74 Å². The Kier molecular flexibility index (Phi) is 3.45. The molecule has 6 nitrogen and oxygen atoms in total. The Bertz CT molecular complexity index is 568. The van der Waals surface area contributed by atoms with Gasteiger partial charge in [0.25, 0.3) is 0 Å². The maximum Gasteiger partial charge on any atom is 0.425 e. The van der Waals surface area contributed by atoms with E-state index in [9.17, 15) is 13.2 Å². The Balaban J connectivity index is 2.37. The number of halogens is 3. The van der Waals surface area contributed by atoms with Crippen LogP contribution in [0.4, 0.5) is 19.1 Å². The first kappa shape index (κ1) is 13.4. The molecule has 0 saturated carbocycles. The zero-order valence-corrected chi connectivity index (χ0v) is 10.2. The summed E-state index contributed by atoms with van der Waals surface area (Å²) in [5.41, 5.74) is 0.480. The number of nitrogens with one attached hydrogen (secondary N) is 2. The van der Waals surface area contributed by atoms with Crippen LogP contribution in [0.2, 0.25) is 0 Å². The molecule has 0 aliphatic carbocycles. The first-order valence-corrected chi connectivity index (χ1v) is 5.60. The number of ether oxygens (including phenoxy) is 1. The molecule has 0 aliphatic heterocycles. The molecular weight excluding hydrogens is 263 g/mol. The molecule has 0 aliphatic rings. The molecule has 0 spiro atoms. The molecule has 0 aromatic carbocycles. The summed E-state index contributed by atoms with van der Waals surface area (Å²) in [5.74, 6) is -0.00486. The molecule has 0 bridgehead atoms. The van der Waals surface area contributed by atoms with Crippen molar-refractivity contribution in [2.45, 2.75) is 26.1 Å². The van der Waals surface area contributed by atoms with E-state index in [1.807, 2.05) is 6.92 Å². The number of aromatic nitrogens is 4. The largest absolute Gasteiger partial charge is 0.463 e. The molecular formula is C10H12F3N5O. The highest BCUT2D eigenvalue weighted by Crippen LogP contribution is 2.27. The summed E-state index contributed by atoms with van der Waals surface area (Å²) in [7, 11) is 0. The second-order valence-electron chi connectivity index (χ2n) is 3.79. The van der Waals surface area contributed by atoms with E-state index in [2.05, 4.69) is 25.3 Å². The van der Waals surface area contributed by atoms with E-state index in [1.165, 1.54) is 6.33 Å². The molecule has 0 radical (unpaired) electrons. The van der Waals surface area contributed by atoms with Crippen molar-refractivity contribution in [1.29, 1.82) is 0 Å². The number of hydrogen-bond acceptors (Lipinski definition) is 5. The maximum absolute atomic E-state index is 12.5. The molecule has 19 heavy (non-hydrogen) atoms. The van der Waals surface area contributed by atoms with Crippen LogP contribution in [0.5, 0.6) is 5.88 Å². The van der Waals surface area contributed by atoms with Crippen LogP contribution in [0, 0.1) is 0 Å². The van der Waals surface area contributed by atoms with Crippen molar-refractivity contribution in [2.75, 3.05) is 11.9 Å². The topological polar surface area (TPSA) is 75.7 Å². The number of rotatable bonds is 4. The quantitative estimate of drug-likeness (QED) is 0.893. The Labute approximate surface area is 106 Å². The van der Waals surface area contributed by atoms with Crippen molar-refractivity contribution < 1.29 is 17.9 Å². The fraction of sp³-hybridized carbons (Fsp3) is 0.500. The summed E-state index contributed by atoms with van der Waals surface area (Å²) >= 11 is 0. The van der Waals surface area contributed by atoms with E-state index in [-0.39, 0.29) is 23.0 Å². The number of anilines is 1. The summed E-state index contributed by atoms with van der Waals surface area (Å²) < 4.78 is 42.3. The third-order valence-corrected chi connectivity index (χ3v) is 2.34. The molecule has 2 aromatic heterocycles. The van der Waals surface area contributed by atoms with Gasteiger partial charge in [0, 0.05) is 6.54 Å². The van der Waals surface area contributed by atoms with Crippen molar-refractivity contribution in [3.8, 4) is 5.88 Å². The Morgan fingerprint density at radius 3 is 2.79 bits per heavy atom. The molecule has 2 heterocycles. The van der Waals surface area contributed by atoms with Gasteiger partial charge in [-0.15, -0.1) is 0 Å². The third-order valence-electron chi connectivity index (χ3n) is 2.34. The monoisotopic (exact) mass is 275 g/mol. The second kappa shape index (κ2) is 4.90. The summed E-state index contributed by atoms with van der Waals surface area (Å²) in [6.45, 7) is 3.26. The average molecular weight is 275 g/mol. The normalized spacial score (nSPS) is 13.5. The Hall–Kier alpha value is -2.06. The minimum Gasteiger partial charge on any atom is -0.463 e. The van der Waals surface area contributed by atoms with Gasteiger partial charge in [-0.1, -0.05) is 0 Å². The number of hydrogen-bond donors (Lipinski definition) is 2. The van der Waals surface area contributed by atoms with Crippen LogP contribution in [-0.4, -0.2) is 38.8 Å². The molecule has 0 saturated heterocycles. The van der Waals surface area contributed by atoms with Crippen molar-refractivity contribution in [2.24, 2.45) is 0 Å². The van der Waals surface area contributed by atoms with Gasteiger partial charge in [-0.05, 0) is 13.8 Å². The standard InChI is InChI=1S/C10H12F3N5O/c1-3-14-9-17-7-6(15-4-16-7)8(18-9)19-5(2)10(11,12)13/h4-5H,3H2,1-2H3,(H2,14,15,16,17,18). The number of nitrogens with zero attached hydrogens (tertiary/aromatic N) is 3. The van der Waals surface area contributed by atoms with Crippen molar-refractivity contribution >= 4 is 17.1 Å². The minimum absolute atomic E-state index is 0.173. The first-order valence-electron chi connectivity index (χ1n) is 5.60. The van der Waals surface area contributed by atoms with Gasteiger partial charge in [-0.3, -0.25) is 0 Å². The van der Waals surface area contributed by atoms with Crippen LogP contribution < -0.4 is 10.1 Å². The third kappa shape index (κ3) is 2.85. The van der Waals surface area contributed by atoms with Gasteiger partial charge >= 0.3 is 6.18 Å². The SMILES string of the molecule is CCNc1nc(OC(C)C(F)(F)F)c2[nH]cnc2n1. The lowest BCUT2D eigenvalue weighted by Gasteiger charge is -2.17. The van der Waals surface area contributed by atoms with Crippen LogP contribution in [-0.2, 0) is 0 Å². The van der Waals surface area contributed by atoms with Gasteiger partial charge in [-0.25, -0.2) is 4.98 Å². The van der Waals surface area contributed by atoms with Gasteiger partial charge < -0.3 is 15.0 Å². The van der Waals surface area contributed by atoms with Gasteiger partial charge in [-0.2, -0.15) is 23.1 Å². The molecule has 0 fully saturated rings. The van der Waals surface area contributed by atoms with Crippen LogP contribution in [0.15, 0.2) is 6.33 Å². The molecule has 1 atom stereocenters. The molecule has 9 heteroatoms. The summed E-state index contributed by atoms with van der Waals surface area (Å²) in [5, 5.41) is 2.80. The van der Waals surface area contributed by atoms with Crippen molar-refractivity contribution in [3.63, 3.8) is 0 Å². The summed E-state index contributed by atoms with van der Waals surface area (Å²) in [4.78, 5) is 14.5. The van der Waals surface area contributed by atoms with E-state index in [0.717, 1.165) is 6.92 Å². The fourth-order valence-corrected chi connectivity index (χ4v) is 1.36. The number of fused-ring (bicyclic) bond motifs is 1. The van der Waals surface area contributed by atoms with Crippen LogP contribution in [0.3, 0.4) is 0 Å². The lowest BCUT2D eigenvalue weighted by molar-refractivity contribution is -0.189. The van der Waals surface area contributed by atoms with Crippen LogP contribution in [0.25, 0.3) is 11.2 Å². The van der Waals surface area contributed by atoms with Gasteiger partial charge in [0.2, 0.25) is 11.8 Å². The predicted molar refractivity (Wildman–Crippen MR) is 62.0 cm³/mol. The zero-order valence-electron chi connectivity index (χ0n) is 10.2. The zero-order chi connectivity index (χ0) is 14.0. The fourth-order valence-electron chi connectivity index (χ4n) is 1.36. The predicted octanol–water partition coefficient (Wildman–Crippen LogP) is 2.11. The molecule has 0 amide bonds. The van der Waals surface area contributed by atoms with Crippen molar-refractivity contribution in [1.82, 2.24) is 19.9 Å². The molecule has 1 unspecified atom stereocenters. The smallest absolute Gasteiger partial charge is 0.425 e. The molecule has 104 valence electrons. The average Bonchev–Trinajstić information content (AvgIpc) is 2.76. The highest BCUT2D eigenvalue weighted by molar-refractivity contribution is 5.76. The number of imidazole rings is 1. The van der Waals surface area contributed by atoms with Crippen LogP contribution >= 0.6 is 0 Å². The Morgan fingerprint density at radius 2 is 2.16 bits per heavy atom. The first-order chi connectivity index (χ1) is 8.91. The van der Waals surface area contributed by atoms with Crippen LogP contribution in [0.1, 0.15) is 13.8 Å². The van der Waals surface area contributed by atoms with Gasteiger partial charge in [0.05, 0.1) is 6.33 Å². The Morgan fingerprint density at radius 1 is 1.42 bits per heavy atom. The lowest BCUT2D eigenvalue weighted by Crippen LogP contribution is -2.31. The summed E-state index contributed by atoms with van der Waals surface area (Å²) in [6.07, 6.45) is -5.11. The highest BCUT2D eigenvalue weighted by Gasteiger charge is 2.38. The van der Waals surface area contributed by atoms with Gasteiger partial charge in [0.1, 0.15) is 5.52 Å². The summed E-state index contributed by atoms with van der Waals surface area (Å²) in [6, 6.07) is 0. The van der Waals surface area contributed by atoms with E-state index < -0.39 is 12.3 Å². The molecule has 2 N–H and O–H groups in total. The molecule has 2 rings (SSSR count). The second-order valence-corrected chi connectivity index (χ2v) is 3.79. The maximum atomic E-state index is 12.5. The molecule has 2 aromatic rings. The lowest BCUT2D eigenvalue weighted by atomic mass is 10.4. The van der Waals surface area contributed by atoms with E-state index in [0.29, 0.717) is 6.54 Å². The van der Waals surface area contributed by atoms with E-state index in [1.54, 1.807) is 0 Å². The van der Waals surface area contributed by atoms with Gasteiger partial charge in [0.15, 0.2) is 11.8 Å². The minimum atomic E-state index is -4.46. The number of aromatic amines is 1. The number of H-pyrrole nitrogens is 1. The number of alkyl halides is 3.